The Morgan fingerprint density at radius 1 is 1.10 bits per heavy atom. The molecule has 0 unspecified atom stereocenters. The lowest BCUT2D eigenvalue weighted by atomic mass is 10.1. The first-order valence-corrected chi connectivity index (χ1v) is 6.53. The van der Waals surface area contributed by atoms with Gasteiger partial charge in [0.15, 0.2) is 0 Å². The highest BCUT2D eigenvalue weighted by atomic mass is 16.5. The highest BCUT2D eigenvalue weighted by Crippen LogP contribution is 2.20. The zero-order chi connectivity index (χ0) is 15.4. The van der Waals surface area contributed by atoms with Crippen LogP contribution in [0.25, 0.3) is 0 Å². The normalized spacial score (nSPS) is 10.2. The Morgan fingerprint density at radius 3 is 2.38 bits per heavy atom. The summed E-state index contributed by atoms with van der Waals surface area (Å²) < 4.78 is 9.96. The van der Waals surface area contributed by atoms with Crippen LogP contribution in [0.15, 0.2) is 30.3 Å². The lowest BCUT2D eigenvalue weighted by Gasteiger charge is -2.05. The molecule has 110 valence electrons. The highest BCUT2D eigenvalue weighted by Gasteiger charge is 2.23. The number of hydrogen-bond acceptors (Lipinski definition) is 4. The summed E-state index contributed by atoms with van der Waals surface area (Å²) in [7, 11) is 1.30. The number of hydrogen-bond donors (Lipinski definition) is 1. The van der Waals surface area contributed by atoms with E-state index in [0.29, 0.717) is 16.8 Å². The van der Waals surface area contributed by atoms with E-state index < -0.39 is 11.9 Å². The molecule has 1 heterocycles. The van der Waals surface area contributed by atoms with Crippen molar-refractivity contribution in [3.05, 3.63) is 58.4 Å². The highest BCUT2D eigenvalue weighted by molar-refractivity contribution is 5.98. The van der Waals surface area contributed by atoms with Crippen LogP contribution in [0.4, 0.5) is 0 Å². The lowest BCUT2D eigenvalue weighted by Crippen LogP contribution is -2.08. The Bertz CT molecular complexity index is 658. The predicted molar refractivity (Wildman–Crippen MR) is 77.2 cm³/mol. The van der Waals surface area contributed by atoms with E-state index in [-0.39, 0.29) is 12.3 Å². The molecule has 5 heteroatoms. The second-order valence-corrected chi connectivity index (χ2v) is 4.68. The van der Waals surface area contributed by atoms with Gasteiger partial charge >= 0.3 is 11.9 Å². The summed E-state index contributed by atoms with van der Waals surface area (Å²) in [5.74, 6) is -0.960. The number of carbonyl (C=O) groups is 2. The van der Waals surface area contributed by atoms with Gasteiger partial charge < -0.3 is 14.5 Å². The van der Waals surface area contributed by atoms with Gasteiger partial charge in [0, 0.05) is 5.69 Å². The molecule has 0 bridgehead atoms. The van der Waals surface area contributed by atoms with Gasteiger partial charge in [-0.1, -0.05) is 30.3 Å². The van der Waals surface area contributed by atoms with E-state index in [2.05, 4.69) is 9.72 Å². The van der Waals surface area contributed by atoms with E-state index >= 15 is 0 Å². The van der Waals surface area contributed by atoms with E-state index in [9.17, 15) is 9.59 Å². The molecule has 2 aromatic rings. The average Bonchev–Trinajstić information content (AvgIpc) is 2.80. The van der Waals surface area contributed by atoms with Crippen LogP contribution in [0.5, 0.6) is 0 Å². The summed E-state index contributed by atoms with van der Waals surface area (Å²) in [6.07, 6.45) is 0. The van der Waals surface area contributed by atoms with E-state index in [1.807, 2.05) is 30.3 Å². The molecule has 1 aromatic carbocycles. The minimum Gasteiger partial charge on any atom is -0.464 e. The van der Waals surface area contributed by atoms with Crippen LogP contribution in [0.1, 0.15) is 37.7 Å². The summed E-state index contributed by atoms with van der Waals surface area (Å²) in [6.45, 7) is 3.60. The Labute approximate surface area is 122 Å². The van der Waals surface area contributed by atoms with Crippen molar-refractivity contribution in [2.45, 2.75) is 20.5 Å². The number of ether oxygens (including phenoxy) is 2. The van der Waals surface area contributed by atoms with Gasteiger partial charge in [-0.25, -0.2) is 9.59 Å². The van der Waals surface area contributed by atoms with Gasteiger partial charge in [0.05, 0.1) is 12.7 Å². The molecule has 0 aliphatic rings. The molecule has 0 radical (unpaired) electrons. The molecule has 0 spiro atoms. The van der Waals surface area contributed by atoms with Crippen LogP contribution in [0, 0.1) is 13.8 Å². The number of benzene rings is 1. The van der Waals surface area contributed by atoms with E-state index in [4.69, 9.17) is 4.74 Å². The summed E-state index contributed by atoms with van der Waals surface area (Å²) in [4.78, 5) is 26.7. The maximum Gasteiger partial charge on any atom is 0.354 e. The summed E-state index contributed by atoms with van der Waals surface area (Å²) in [6, 6.07) is 9.42. The first-order valence-electron chi connectivity index (χ1n) is 6.53. The number of H-pyrrole nitrogens is 1. The van der Waals surface area contributed by atoms with Gasteiger partial charge in [0.25, 0.3) is 0 Å². The quantitative estimate of drug-likeness (QED) is 0.878. The third-order valence-corrected chi connectivity index (χ3v) is 3.24. The number of aromatic amines is 1. The van der Waals surface area contributed by atoms with E-state index in [0.717, 1.165) is 5.56 Å². The van der Waals surface area contributed by atoms with Gasteiger partial charge in [-0.05, 0) is 25.0 Å². The van der Waals surface area contributed by atoms with Crippen LogP contribution in [-0.4, -0.2) is 24.0 Å². The third-order valence-electron chi connectivity index (χ3n) is 3.24. The van der Waals surface area contributed by atoms with Crippen LogP contribution >= 0.6 is 0 Å². The zero-order valence-electron chi connectivity index (χ0n) is 12.2. The van der Waals surface area contributed by atoms with Gasteiger partial charge in [-0.3, -0.25) is 0 Å². The number of methoxy groups -OCH3 is 1. The third kappa shape index (κ3) is 3.13. The molecule has 2 rings (SSSR count). The second-order valence-electron chi connectivity index (χ2n) is 4.68. The van der Waals surface area contributed by atoms with Gasteiger partial charge in [0.1, 0.15) is 12.3 Å². The van der Waals surface area contributed by atoms with Crippen molar-refractivity contribution in [1.82, 2.24) is 4.98 Å². The van der Waals surface area contributed by atoms with Crippen LogP contribution in [0.2, 0.25) is 0 Å². The number of rotatable bonds is 4. The Hall–Kier alpha value is -2.56. The van der Waals surface area contributed by atoms with Crippen LogP contribution in [0.3, 0.4) is 0 Å². The minimum atomic E-state index is -0.502. The monoisotopic (exact) mass is 287 g/mol. The topological polar surface area (TPSA) is 68.4 Å². The first kappa shape index (κ1) is 14.8. The Kier molecular flexibility index (Phi) is 4.42. The van der Waals surface area contributed by atoms with Crippen molar-refractivity contribution >= 4 is 11.9 Å². The molecule has 0 aliphatic heterocycles. The van der Waals surface area contributed by atoms with E-state index in [1.165, 1.54) is 7.11 Å². The molecule has 0 fully saturated rings. The lowest BCUT2D eigenvalue weighted by molar-refractivity contribution is 0.0471. The molecular weight excluding hydrogens is 270 g/mol. The fraction of sp³-hybridized carbons (Fsp3) is 0.250. The SMILES string of the molecule is COC(=O)c1[nH]c(C)c(C(=O)OCc2ccccc2)c1C. The fourth-order valence-corrected chi connectivity index (χ4v) is 2.16. The molecule has 0 saturated heterocycles. The fourth-order valence-electron chi connectivity index (χ4n) is 2.16. The summed E-state index contributed by atoms with van der Waals surface area (Å²) >= 11 is 0. The maximum atomic E-state index is 12.2. The minimum absolute atomic E-state index is 0.192. The van der Waals surface area contributed by atoms with Gasteiger partial charge in [0.2, 0.25) is 0 Å². The molecule has 5 nitrogen and oxygen atoms in total. The second kappa shape index (κ2) is 6.26. The van der Waals surface area contributed by atoms with Gasteiger partial charge in [-0.2, -0.15) is 0 Å². The first-order chi connectivity index (χ1) is 10.0. The van der Waals surface area contributed by atoms with Crippen LogP contribution < -0.4 is 0 Å². The molecule has 1 aromatic heterocycles. The molecule has 21 heavy (non-hydrogen) atoms. The Morgan fingerprint density at radius 2 is 1.76 bits per heavy atom. The standard InChI is InChI=1S/C16H17NO4/c1-10-13(11(2)17-14(10)16(19)20-3)15(18)21-9-12-7-5-4-6-8-12/h4-8,17H,9H2,1-3H3. The van der Waals surface area contributed by atoms with Crippen molar-refractivity contribution in [3.63, 3.8) is 0 Å². The summed E-state index contributed by atoms with van der Waals surface area (Å²) in [5.41, 5.74) is 2.70. The van der Waals surface area contributed by atoms with Crippen molar-refractivity contribution in [2.75, 3.05) is 7.11 Å². The number of nitrogens with one attached hydrogen (secondary N) is 1. The zero-order valence-corrected chi connectivity index (χ0v) is 12.2. The number of carbonyl (C=O) groups excluding carboxylic acids is 2. The molecular formula is C16H17NO4. The smallest absolute Gasteiger partial charge is 0.354 e. The average molecular weight is 287 g/mol. The molecule has 1 N–H and O–H groups in total. The van der Waals surface area contributed by atoms with Crippen LogP contribution in [-0.2, 0) is 16.1 Å². The van der Waals surface area contributed by atoms with Crippen molar-refractivity contribution in [1.29, 1.82) is 0 Å². The molecule has 0 aliphatic carbocycles. The maximum absolute atomic E-state index is 12.2. The Balaban J connectivity index is 2.16. The van der Waals surface area contributed by atoms with Crippen molar-refractivity contribution in [2.24, 2.45) is 0 Å². The molecule has 0 atom stereocenters. The van der Waals surface area contributed by atoms with Crippen molar-refractivity contribution < 1.29 is 19.1 Å². The largest absolute Gasteiger partial charge is 0.464 e. The predicted octanol–water partition coefficient (Wildman–Crippen LogP) is 2.78. The number of aromatic nitrogens is 1. The number of aryl methyl sites for hydroxylation is 1. The van der Waals surface area contributed by atoms with E-state index in [1.54, 1.807) is 13.8 Å². The van der Waals surface area contributed by atoms with Crippen molar-refractivity contribution in [3.8, 4) is 0 Å². The summed E-state index contributed by atoms with van der Waals surface area (Å²) in [5, 5.41) is 0. The number of esters is 2. The molecule has 0 saturated carbocycles. The molecule has 0 amide bonds. The van der Waals surface area contributed by atoms with Gasteiger partial charge in [-0.15, -0.1) is 0 Å².